The van der Waals surface area contributed by atoms with Crippen molar-refractivity contribution in [2.24, 2.45) is 0 Å². The molecule has 3 rings (SSSR count). The predicted octanol–water partition coefficient (Wildman–Crippen LogP) is 4.02. The number of benzene rings is 1. The third-order valence-corrected chi connectivity index (χ3v) is 4.59. The van der Waals surface area contributed by atoms with Crippen LogP contribution in [0, 0.1) is 19.7 Å². The van der Waals surface area contributed by atoms with E-state index in [1.54, 1.807) is 42.0 Å². The molecule has 0 unspecified atom stereocenters. The summed E-state index contributed by atoms with van der Waals surface area (Å²) in [5.41, 5.74) is 3.16. The van der Waals surface area contributed by atoms with Crippen LogP contribution >= 0.6 is 0 Å². The summed E-state index contributed by atoms with van der Waals surface area (Å²) >= 11 is 0. The van der Waals surface area contributed by atoms with Gasteiger partial charge in [0, 0.05) is 17.8 Å². The average molecular weight is 368 g/mol. The molecule has 3 aromatic rings. The van der Waals surface area contributed by atoms with Crippen LogP contribution in [0.3, 0.4) is 0 Å². The summed E-state index contributed by atoms with van der Waals surface area (Å²) in [5.74, 6) is -0.0642. The van der Waals surface area contributed by atoms with Crippen molar-refractivity contribution in [3.8, 4) is 0 Å². The van der Waals surface area contributed by atoms with E-state index in [2.05, 4.69) is 5.32 Å². The lowest BCUT2D eigenvalue weighted by molar-refractivity contribution is 0.0938. The molecule has 0 saturated heterocycles. The van der Waals surface area contributed by atoms with Crippen LogP contribution in [0.1, 0.15) is 50.4 Å². The molecule has 0 spiro atoms. The number of rotatable bonds is 6. The minimum atomic E-state index is -0.319. The van der Waals surface area contributed by atoms with Crippen molar-refractivity contribution < 1.29 is 18.4 Å². The largest absolute Gasteiger partial charge is 0.467 e. The SMILES string of the molecule is CC(=O)c1c(C)c(C(=O)NCc2ccco2)n(Cc2ccc(F)cc2)c1C. The number of amides is 1. The Morgan fingerprint density at radius 2 is 1.85 bits per heavy atom. The summed E-state index contributed by atoms with van der Waals surface area (Å²) in [6, 6.07) is 9.62. The van der Waals surface area contributed by atoms with Crippen molar-refractivity contribution in [2.45, 2.75) is 33.9 Å². The standard InChI is InChI=1S/C21H21FN2O3/c1-13-19(15(3)25)14(2)24(12-16-6-8-17(22)9-7-16)20(13)21(26)23-11-18-5-4-10-27-18/h4-10H,11-12H2,1-3H3,(H,23,26). The molecular formula is C21H21FN2O3. The first kappa shape index (κ1) is 18.6. The third-order valence-electron chi connectivity index (χ3n) is 4.59. The average Bonchev–Trinajstić information content (AvgIpc) is 3.22. The van der Waals surface area contributed by atoms with Gasteiger partial charge in [0.2, 0.25) is 0 Å². The summed E-state index contributed by atoms with van der Waals surface area (Å²) in [7, 11) is 0. The van der Waals surface area contributed by atoms with Crippen molar-refractivity contribution in [1.82, 2.24) is 9.88 Å². The Morgan fingerprint density at radius 1 is 1.15 bits per heavy atom. The smallest absolute Gasteiger partial charge is 0.268 e. The van der Waals surface area contributed by atoms with Crippen LogP contribution in [-0.4, -0.2) is 16.3 Å². The number of carbonyl (C=O) groups excluding carboxylic acids is 2. The van der Waals surface area contributed by atoms with E-state index >= 15 is 0 Å². The number of aromatic nitrogens is 1. The lowest BCUT2D eigenvalue weighted by Crippen LogP contribution is -2.26. The van der Waals surface area contributed by atoms with Gasteiger partial charge in [-0.3, -0.25) is 9.59 Å². The van der Waals surface area contributed by atoms with E-state index in [1.807, 2.05) is 6.92 Å². The summed E-state index contributed by atoms with van der Waals surface area (Å²) in [6.07, 6.45) is 1.54. The number of furan rings is 1. The molecule has 0 aliphatic rings. The highest BCUT2D eigenvalue weighted by atomic mass is 19.1. The second-order valence-electron chi connectivity index (χ2n) is 6.46. The molecule has 0 bridgehead atoms. The number of nitrogens with zero attached hydrogens (tertiary/aromatic N) is 1. The lowest BCUT2D eigenvalue weighted by atomic mass is 10.1. The Morgan fingerprint density at radius 3 is 2.44 bits per heavy atom. The van der Waals surface area contributed by atoms with Gasteiger partial charge in [-0.1, -0.05) is 12.1 Å². The number of carbonyl (C=O) groups is 2. The fourth-order valence-electron chi connectivity index (χ4n) is 3.34. The second kappa shape index (κ2) is 7.61. The van der Waals surface area contributed by atoms with E-state index in [1.165, 1.54) is 19.1 Å². The molecule has 1 N–H and O–H groups in total. The minimum Gasteiger partial charge on any atom is -0.467 e. The Hall–Kier alpha value is -3.15. The Labute approximate surface area is 156 Å². The van der Waals surface area contributed by atoms with Gasteiger partial charge in [0.15, 0.2) is 5.78 Å². The van der Waals surface area contributed by atoms with Crippen LogP contribution < -0.4 is 5.32 Å². The van der Waals surface area contributed by atoms with Crippen molar-refractivity contribution in [2.75, 3.05) is 0 Å². The van der Waals surface area contributed by atoms with Crippen molar-refractivity contribution in [3.63, 3.8) is 0 Å². The molecule has 0 aliphatic carbocycles. The number of nitrogens with one attached hydrogen (secondary N) is 1. The highest BCUT2D eigenvalue weighted by Crippen LogP contribution is 2.24. The Balaban J connectivity index is 1.97. The van der Waals surface area contributed by atoms with Gasteiger partial charge in [0.1, 0.15) is 17.3 Å². The summed E-state index contributed by atoms with van der Waals surface area (Å²) in [6.45, 7) is 5.69. The van der Waals surface area contributed by atoms with E-state index < -0.39 is 0 Å². The lowest BCUT2D eigenvalue weighted by Gasteiger charge is -2.12. The van der Waals surface area contributed by atoms with Gasteiger partial charge in [-0.25, -0.2) is 4.39 Å². The number of halogens is 1. The quantitative estimate of drug-likeness (QED) is 0.669. The number of ketones is 1. The molecule has 2 heterocycles. The maximum absolute atomic E-state index is 13.2. The monoisotopic (exact) mass is 368 g/mol. The summed E-state index contributed by atoms with van der Waals surface area (Å²) in [4.78, 5) is 25.0. The highest BCUT2D eigenvalue weighted by molar-refractivity contribution is 6.02. The molecule has 6 heteroatoms. The van der Waals surface area contributed by atoms with Gasteiger partial charge in [-0.05, 0) is 56.2 Å². The Kier molecular flexibility index (Phi) is 5.26. The Bertz CT molecular complexity index is 970. The first-order valence-corrected chi connectivity index (χ1v) is 8.64. The molecule has 27 heavy (non-hydrogen) atoms. The van der Waals surface area contributed by atoms with Crippen LogP contribution in [0.5, 0.6) is 0 Å². The van der Waals surface area contributed by atoms with Crippen molar-refractivity contribution >= 4 is 11.7 Å². The van der Waals surface area contributed by atoms with Gasteiger partial charge >= 0.3 is 0 Å². The fourth-order valence-corrected chi connectivity index (χ4v) is 3.34. The maximum Gasteiger partial charge on any atom is 0.268 e. The molecule has 5 nitrogen and oxygen atoms in total. The van der Waals surface area contributed by atoms with Crippen LogP contribution in [-0.2, 0) is 13.1 Å². The number of hydrogen-bond acceptors (Lipinski definition) is 3. The van der Waals surface area contributed by atoms with E-state index in [9.17, 15) is 14.0 Å². The van der Waals surface area contributed by atoms with Crippen molar-refractivity contribution in [1.29, 1.82) is 0 Å². The molecular weight excluding hydrogens is 347 g/mol. The summed E-state index contributed by atoms with van der Waals surface area (Å²) in [5, 5.41) is 2.83. The first-order valence-electron chi connectivity index (χ1n) is 8.64. The van der Waals surface area contributed by atoms with E-state index in [4.69, 9.17) is 4.42 Å². The van der Waals surface area contributed by atoms with Crippen LogP contribution in [0.2, 0.25) is 0 Å². The zero-order valence-electron chi connectivity index (χ0n) is 15.5. The number of hydrogen-bond donors (Lipinski definition) is 1. The highest BCUT2D eigenvalue weighted by Gasteiger charge is 2.24. The minimum absolute atomic E-state index is 0.0945. The maximum atomic E-state index is 13.2. The third kappa shape index (κ3) is 3.84. The summed E-state index contributed by atoms with van der Waals surface area (Å²) < 4.78 is 20.2. The van der Waals surface area contributed by atoms with Gasteiger partial charge < -0.3 is 14.3 Å². The van der Waals surface area contributed by atoms with Crippen LogP contribution in [0.25, 0.3) is 0 Å². The molecule has 0 aliphatic heterocycles. The second-order valence-corrected chi connectivity index (χ2v) is 6.46. The zero-order chi connectivity index (χ0) is 19.6. The molecule has 2 aromatic heterocycles. The van der Waals surface area contributed by atoms with E-state index in [0.29, 0.717) is 34.8 Å². The van der Waals surface area contributed by atoms with E-state index in [0.717, 1.165) is 5.56 Å². The normalized spacial score (nSPS) is 10.8. The molecule has 0 radical (unpaired) electrons. The zero-order valence-corrected chi connectivity index (χ0v) is 15.5. The van der Waals surface area contributed by atoms with Gasteiger partial charge in [-0.2, -0.15) is 0 Å². The molecule has 140 valence electrons. The van der Waals surface area contributed by atoms with Crippen LogP contribution in [0.15, 0.2) is 47.1 Å². The van der Waals surface area contributed by atoms with Gasteiger partial charge in [0.05, 0.1) is 12.8 Å². The molecule has 1 amide bonds. The fraction of sp³-hybridized carbons (Fsp3) is 0.238. The van der Waals surface area contributed by atoms with E-state index in [-0.39, 0.29) is 24.1 Å². The van der Waals surface area contributed by atoms with Gasteiger partial charge in [0.25, 0.3) is 5.91 Å². The molecule has 0 atom stereocenters. The topological polar surface area (TPSA) is 64.2 Å². The predicted molar refractivity (Wildman–Crippen MR) is 99.3 cm³/mol. The van der Waals surface area contributed by atoms with Crippen molar-refractivity contribution in [3.05, 3.63) is 82.3 Å². The molecule has 1 aromatic carbocycles. The van der Waals surface area contributed by atoms with Gasteiger partial charge in [-0.15, -0.1) is 0 Å². The first-order chi connectivity index (χ1) is 12.9. The number of Topliss-reactive ketones (excluding diaryl/α,β-unsaturated/α-hetero) is 1. The molecule has 0 fully saturated rings. The molecule has 0 saturated carbocycles. The van der Waals surface area contributed by atoms with Crippen LogP contribution in [0.4, 0.5) is 4.39 Å².